The summed E-state index contributed by atoms with van der Waals surface area (Å²) in [5, 5.41) is 3.49. The molecule has 0 aliphatic heterocycles. The van der Waals surface area contributed by atoms with Gasteiger partial charge in [-0.1, -0.05) is 6.07 Å². The fourth-order valence-electron chi connectivity index (χ4n) is 2.68. The number of anilines is 2. The van der Waals surface area contributed by atoms with E-state index in [0.29, 0.717) is 33.9 Å². The van der Waals surface area contributed by atoms with Crippen LogP contribution in [0.15, 0.2) is 60.9 Å². The van der Waals surface area contributed by atoms with Crippen LogP contribution in [0.2, 0.25) is 0 Å². The van der Waals surface area contributed by atoms with Crippen LogP contribution in [-0.4, -0.2) is 22.1 Å². The van der Waals surface area contributed by atoms with E-state index in [1.54, 1.807) is 43.8 Å². The summed E-state index contributed by atoms with van der Waals surface area (Å²) in [6, 6.07) is 12.8. The lowest BCUT2D eigenvalue weighted by molar-refractivity contribution is 0.415. The van der Waals surface area contributed by atoms with Gasteiger partial charge in [0.2, 0.25) is 0 Å². The molecule has 0 amide bonds. The number of halogens is 2. The van der Waals surface area contributed by atoms with E-state index in [1.807, 2.05) is 6.07 Å². The summed E-state index contributed by atoms with van der Waals surface area (Å²) >= 11 is 0. The Morgan fingerprint density at radius 3 is 2.67 bits per heavy atom. The SMILES string of the molecule is COc1ccc2nc(-c3cccnc3)nc(Nc3cccc(F)c3F)c2c1. The van der Waals surface area contributed by atoms with Crippen molar-refractivity contribution in [3.8, 4) is 17.1 Å². The molecule has 2 aromatic carbocycles. The van der Waals surface area contributed by atoms with Crippen LogP contribution >= 0.6 is 0 Å². The molecular weight excluding hydrogens is 350 g/mol. The van der Waals surface area contributed by atoms with Crippen molar-refractivity contribution in [2.24, 2.45) is 0 Å². The Kier molecular flexibility index (Phi) is 4.33. The number of nitrogens with zero attached hydrogens (tertiary/aromatic N) is 3. The molecule has 0 aliphatic carbocycles. The average Bonchev–Trinajstić information content (AvgIpc) is 2.71. The number of aromatic nitrogens is 3. The average molecular weight is 364 g/mol. The van der Waals surface area contributed by atoms with E-state index in [-0.39, 0.29) is 5.69 Å². The number of benzene rings is 2. The Morgan fingerprint density at radius 1 is 1.00 bits per heavy atom. The lowest BCUT2D eigenvalue weighted by atomic mass is 10.2. The largest absolute Gasteiger partial charge is 0.497 e. The molecule has 134 valence electrons. The summed E-state index contributed by atoms with van der Waals surface area (Å²) in [7, 11) is 1.55. The number of ether oxygens (including phenoxy) is 1. The number of methoxy groups -OCH3 is 1. The number of pyridine rings is 1. The van der Waals surface area contributed by atoms with Gasteiger partial charge in [0.25, 0.3) is 0 Å². The number of hydrogen-bond donors (Lipinski definition) is 1. The van der Waals surface area contributed by atoms with Gasteiger partial charge in [0.1, 0.15) is 11.6 Å². The summed E-state index contributed by atoms with van der Waals surface area (Å²) in [6.45, 7) is 0. The summed E-state index contributed by atoms with van der Waals surface area (Å²) in [5.41, 5.74) is 1.32. The molecule has 1 N–H and O–H groups in total. The predicted molar refractivity (Wildman–Crippen MR) is 99.0 cm³/mol. The zero-order chi connectivity index (χ0) is 18.8. The first-order valence-electron chi connectivity index (χ1n) is 8.13. The Labute approximate surface area is 153 Å². The van der Waals surface area contributed by atoms with Crippen molar-refractivity contribution >= 4 is 22.4 Å². The standard InChI is InChI=1S/C20H14F2N4O/c1-27-13-7-8-16-14(10-13)20(25-17-6-2-5-15(21)18(17)22)26-19(24-16)12-4-3-9-23-11-12/h2-11H,1H3,(H,24,25,26). The van der Waals surface area contributed by atoms with Crippen molar-refractivity contribution in [2.45, 2.75) is 0 Å². The van der Waals surface area contributed by atoms with Crippen LogP contribution in [0.4, 0.5) is 20.3 Å². The number of rotatable bonds is 4. The van der Waals surface area contributed by atoms with Gasteiger partial charge in [0.05, 0.1) is 18.3 Å². The maximum atomic E-state index is 14.1. The van der Waals surface area contributed by atoms with Crippen LogP contribution in [0.3, 0.4) is 0 Å². The van der Waals surface area contributed by atoms with Crippen LogP contribution in [0.25, 0.3) is 22.3 Å². The maximum Gasteiger partial charge on any atom is 0.182 e. The molecule has 0 fully saturated rings. The maximum absolute atomic E-state index is 14.1. The Balaban J connectivity index is 1.91. The number of fused-ring (bicyclic) bond motifs is 1. The molecule has 27 heavy (non-hydrogen) atoms. The van der Waals surface area contributed by atoms with Crippen molar-refractivity contribution in [3.05, 3.63) is 72.6 Å². The van der Waals surface area contributed by atoms with Gasteiger partial charge in [-0.25, -0.2) is 18.7 Å². The Bertz CT molecular complexity index is 1120. The van der Waals surface area contributed by atoms with Crippen molar-refractivity contribution in [2.75, 3.05) is 12.4 Å². The molecule has 2 heterocycles. The first-order chi connectivity index (χ1) is 13.2. The number of nitrogens with one attached hydrogen (secondary N) is 1. The predicted octanol–water partition coefficient (Wildman–Crippen LogP) is 4.72. The lowest BCUT2D eigenvalue weighted by Gasteiger charge is -2.12. The van der Waals surface area contributed by atoms with Crippen molar-refractivity contribution in [3.63, 3.8) is 0 Å². The molecule has 0 spiro atoms. The van der Waals surface area contributed by atoms with Gasteiger partial charge in [-0.2, -0.15) is 0 Å². The number of hydrogen-bond acceptors (Lipinski definition) is 5. The first kappa shape index (κ1) is 16.8. The fourth-order valence-corrected chi connectivity index (χ4v) is 2.68. The highest BCUT2D eigenvalue weighted by atomic mass is 19.2. The van der Waals surface area contributed by atoms with E-state index in [2.05, 4.69) is 20.3 Å². The molecular formula is C20H14F2N4O. The highest BCUT2D eigenvalue weighted by Gasteiger charge is 2.14. The van der Waals surface area contributed by atoms with Crippen molar-refractivity contribution in [1.82, 2.24) is 15.0 Å². The smallest absolute Gasteiger partial charge is 0.182 e. The zero-order valence-electron chi connectivity index (χ0n) is 14.3. The topological polar surface area (TPSA) is 59.9 Å². The van der Waals surface area contributed by atoms with Crippen LogP contribution in [0, 0.1) is 11.6 Å². The summed E-state index contributed by atoms with van der Waals surface area (Å²) in [5.74, 6) is -0.566. The third-order valence-corrected chi connectivity index (χ3v) is 4.03. The van der Waals surface area contributed by atoms with E-state index in [0.717, 1.165) is 6.07 Å². The minimum atomic E-state index is -0.977. The van der Waals surface area contributed by atoms with E-state index < -0.39 is 11.6 Å². The molecule has 0 aliphatic rings. The minimum Gasteiger partial charge on any atom is -0.497 e. The molecule has 0 saturated heterocycles. The highest BCUT2D eigenvalue weighted by molar-refractivity contribution is 5.93. The summed E-state index contributed by atoms with van der Waals surface area (Å²) < 4.78 is 33.0. The van der Waals surface area contributed by atoms with E-state index >= 15 is 0 Å². The summed E-state index contributed by atoms with van der Waals surface area (Å²) in [6.07, 6.45) is 3.29. The van der Waals surface area contributed by atoms with Gasteiger partial charge < -0.3 is 10.1 Å². The van der Waals surface area contributed by atoms with E-state index in [1.165, 1.54) is 12.1 Å². The molecule has 4 rings (SSSR count). The zero-order valence-corrected chi connectivity index (χ0v) is 14.3. The molecule has 0 atom stereocenters. The van der Waals surface area contributed by atoms with Gasteiger partial charge in [-0.3, -0.25) is 4.98 Å². The second kappa shape index (κ2) is 6.95. The third-order valence-electron chi connectivity index (χ3n) is 4.03. The fraction of sp³-hybridized carbons (Fsp3) is 0.0500. The van der Waals surface area contributed by atoms with Gasteiger partial charge in [-0.15, -0.1) is 0 Å². The second-order valence-electron chi connectivity index (χ2n) is 5.75. The van der Waals surface area contributed by atoms with Gasteiger partial charge >= 0.3 is 0 Å². The van der Waals surface area contributed by atoms with Crippen molar-refractivity contribution < 1.29 is 13.5 Å². The van der Waals surface area contributed by atoms with Gasteiger partial charge in [-0.05, 0) is 42.5 Å². The Hall–Kier alpha value is -3.61. The second-order valence-corrected chi connectivity index (χ2v) is 5.75. The van der Waals surface area contributed by atoms with Crippen molar-refractivity contribution in [1.29, 1.82) is 0 Å². The molecule has 2 aromatic heterocycles. The molecule has 0 bridgehead atoms. The first-order valence-corrected chi connectivity index (χ1v) is 8.13. The quantitative estimate of drug-likeness (QED) is 0.568. The molecule has 0 saturated carbocycles. The van der Waals surface area contributed by atoms with Crippen LogP contribution in [-0.2, 0) is 0 Å². The van der Waals surface area contributed by atoms with Gasteiger partial charge in [0, 0.05) is 23.3 Å². The third kappa shape index (κ3) is 3.27. The normalized spacial score (nSPS) is 10.8. The Morgan fingerprint density at radius 2 is 1.89 bits per heavy atom. The minimum absolute atomic E-state index is 0.0186. The molecule has 0 radical (unpaired) electrons. The molecule has 0 unspecified atom stereocenters. The van der Waals surface area contributed by atoms with Gasteiger partial charge in [0.15, 0.2) is 17.5 Å². The highest BCUT2D eigenvalue weighted by Crippen LogP contribution is 2.31. The lowest BCUT2D eigenvalue weighted by Crippen LogP contribution is -2.02. The molecule has 4 aromatic rings. The molecule has 5 nitrogen and oxygen atoms in total. The molecule has 7 heteroatoms. The van der Waals surface area contributed by atoms with Crippen LogP contribution in [0.1, 0.15) is 0 Å². The summed E-state index contributed by atoms with van der Waals surface area (Å²) in [4.78, 5) is 13.1. The van der Waals surface area contributed by atoms with E-state index in [9.17, 15) is 8.78 Å². The van der Waals surface area contributed by atoms with E-state index in [4.69, 9.17) is 4.74 Å². The monoisotopic (exact) mass is 364 g/mol. The van der Waals surface area contributed by atoms with Crippen LogP contribution < -0.4 is 10.1 Å². The van der Waals surface area contributed by atoms with Crippen LogP contribution in [0.5, 0.6) is 5.75 Å².